The van der Waals surface area contributed by atoms with E-state index in [0.717, 1.165) is 28.8 Å². The molecule has 3 saturated carbocycles. The van der Waals surface area contributed by atoms with Gasteiger partial charge in [0, 0.05) is 11.0 Å². The van der Waals surface area contributed by atoms with Gasteiger partial charge >= 0.3 is 0 Å². The quantitative estimate of drug-likeness (QED) is 0.798. The molecule has 3 aliphatic rings. The topological polar surface area (TPSA) is 20.2 Å². The number of hydrogen-bond acceptors (Lipinski definition) is 2. The van der Waals surface area contributed by atoms with Crippen LogP contribution in [0.4, 0.5) is 0 Å². The van der Waals surface area contributed by atoms with Gasteiger partial charge in [0.25, 0.3) is 0 Å². The van der Waals surface area contributed by atoms with E-state index < -0.39 is 0 Å². The summed E-state index contributed by atoms with van der Waals surface area (Å²) in [6, 6.07) is 0. The van der Waals surface area contributed by atoms with Crippen molar-refractivity contribution in [3.05, 3.63) is 0 Å². The first-order valence-electron chi connectivity index (χ1n) is 6.24. The molecule has 3 fully saturated rings. The Hall–Kier alpha value is 0.310. The molecule has 0 bridgehead atoms. The highest BCUT2D eigenvalue weighted by atomic mass is 32.2. The van der Waals surface area contributed by atoms with E-state index in [0.29, 0.717) is 17.4 Å². The molecule has 0 amide bonds. The van der Waals surface area contributed by atoms with Gasteiger partial charge in [0.15, 0.2) is 0 Å². The second-order valence-electron chi connectivity index (χ2n) is 6.60. The number of rotatable bonds is 3. The molecule has 0 spiro atoms. The summed E-state index contributed by atoms with van der Waals surface area (Å²) in [6.45, 7) is 7.73. The third-order valence-corrected chi connectivity index (χ3v) is 7.24. The molecule has 86 valence electrons. The molecule has 1 N–H and O–H groups in total. The first kappa shape index (κ1) is 10.5. The minimum absolute atomic E-state index is 0.350. The fourth-order valence-corrected chi connectivity index (χ4v) is 5.83. The molecule has 5 atom stereocenters. The molecule has 0 aromatic rings. The van der Waals surface area contributed by atoms with Crippen molar-refractivity contribution in [2.24, 2.45) is 28.6 Å². The van der Waals surface area contributed by atoms with Crippen LogP contribution in [-0.4, -0.2) is 22.7 Å². The lowest BCUT2D eigenvalue weighted by molar-refractivity contribution is 0.322. The fraction of sp³-hybridized carbons (Fsp3) is 1.00. The van der Waals surface area contributed by atoms with Crippen LogP contribution in [0.5, 0.6) is 0 Å². The van der Waals surface area contributed by atoms with E-state index in [1.807, 2.05) is 11.8 Å². The van der Waals surface area contributed by atoms with E-state index in [1.54, 1.807) is 0 Å². The van der Waals surface area contributed by atoms with E-state index >= 15 is 0 Å². The Morgan fingerprint density at radius 3 is 2.53 bits per heavy atom. The summed E-state index contributed by atoms with van der Waals surface area (Å²) in [6.07, 6.45) is 2.93. The van der Waals surface area contributed by atoms with Crippen LogP contribution in [0, 0.1) is 28.6 Å². The van der Waals surface area contributed by atoms with Crippen LogP contribution >= 0.6 is 11.8 Å². The zero-order chi connectivity index (χ0) is 10.8. The van der Waals surface area contributed by atoms with Crippen molar-refractivity contribution in [1.29, 1.82) is 0 Å². The second-order valence-corrected chi connectivity index (χ2v) is 7.85. The third-order valence-electron chi connectivity index (χ3n) is 5.60. The summed E-state index contributed by atoms with van der Waals surface area (Å²) >= 11 is 2.02. The predicted molar refractivity (Wildman–Crippen MR) is 64.9 cm³/mol. The Kier molecular flexibility index (Phi) is 2.06. The summed E-state index contributed by atoms with van der Waals surface area (Å²) in [7, 11) is 0. The minimum atomic E-state index is 0.350. The third kappa shape index (κ3) is 1.27. The van der Waals surface area contributed by atoms with E-state index in [-0.39, 0.29) is 0 Å². The SMILES string of the molecule is CC1(C)[C@@H]2C[C@H]3C(SCCO)[C@@]3(C)C[C@@H]21. The number of fused-ring (bicyclic) bond motifs is 2. The van der Waals surface area contributed by atoms with E-state index in [2.05, 4.69) is 20.8 Å². The maximum absolute atomic E-state index is 8.88. The molecule has 0 saturated heterocycles. The lowest BCUT2D eigenvalue weighted by Crippen LogP contribution is -2.07. The highest BCUT2D eigenvalue weighted by molar-refractivity contribution is 8.00. The molecule has 1 nitrogen and oxygen atoms in total. The lowest BCUT2D eigenvalue weighted by atomic mass is 9.90. The molecule has 1 unspecified atom stereocenters. The Balaban J connectivity index is 1.64. The van der Waals surface area contributed by atoms with Crippen molar-refractivity contribution in [3.8, 4) is 0 Å². The molecular weight excluding hydrogens is 204 g/mol. The highest BCUT2D eigenvalue weighted by Crippen LogP contribution is 2.78. The Bertz CT molecular complexity index is 288. The molecule has 0 heterocycles. The predicted octanol–water partition coefficient (Wildman–Crippen LogP) is 2.78. The molecule has 0 radical (unpaired) electrons. The molecule has 15 heavy (non-hydrogen) atoms. The summed E-state index contributed by atoms with van der Waals surface area (Å²) in [4.78, 5) is 0. The van der Waals surface area contributed by atoms with E-state index in [9.17, 15) is 0 Å². The molecule has 3 rings (SSSR count). The molecule has 0 aromatic heterocycles. The van der Waals surface area contributed by atoms with Gasteiger partial charge in [0.2, 0.25) is 0 Å². The zero-order valence-electron chi connectivity index (χ0n) is 9.99. The van der Waals surface area contributed by atoms with Crippen molar-refractivity contribution in [2.45, 2.75) is 38.9 Å². The fourth-order valence-electron chi connectivity index (χ4n) is 4.24. The van der Waals surface area contributed by atoms with Gasteiger partial charge in [-0.3, -0.25) is 0 Å². The van der Waals surface area contributed by atoms with Gasteiger partial charge in [-0.1, -0.05) is 20.8 Å². The Morgan fingerprint density at radius 2 is 1.93 bits per heavy atom. The van der Waals surface area contributed by atoms with Crippen LogP contribution in [0.1, 0.15) is 33.6 Å². The van der Waals surface area contributed by atoms with Crippen LogP contribution in [0.15, 0.2) is 0 Å². The van der Waals surface area contributed by atoms with Gasteiger partial charge in [-0.05, 0) is 41.4 Å². The molecular formula is C13H22OS. The van der Waals surface area contributed by atoms with Crippen molar-refractivity contribution < 1.29 is 5.11 Å². The Labute approximate surface area is 97.0 Å². The van der Waals surface area contributed by atoms with Crippen molar-refractivity contribution in [2.75, 3.05) is 12.4 Å². The Morgan fingerprint density at radius 1 is 1.20 bits per heavy atom. The summed E-state index contributed by atoms with van der Waals surface area (Å²) in [5.74, 6) is 3.95. The maximum Gasteiger partial charge on any atom is 0.0521 e. The number of thioether (sulfide) groups is 1. The van der Waals surface area contributed by atoms with Gasteiger partial charge in [0.1, 0.15) is 0 Å². The zero-order valence-corrected chi connectivity index (χ0v) is 10.8. The summed E-state index contributed by atoms with van der Waals surface area (Å²) in [5, 5.41) is 9.75. The van der Waals surface area contributed by atoms with Crippen LogP contribution in [-0.2, 0) is 0 Å². The van der Waals surface area contributed by atoms with Crippen LogP contribution in [0.2, 0.25) is 0 Å². The average Bonchev–Trinajstić information content (AvgIpc) is 2.94. The smallest absolute Gasteiger partial charge is 0.0521 e. The lowest BCUT2D eigenvalue weighted by Gasteiger charge is -2.15. The van der Waals surface area contributed by atoms with Gasteiger partial charge in [-0.25, -0.2) is 0 Å². The van der Waals surface area contributed by atoms with Gasteiger partial charge in [0.05, 0.1) is 6.61 Å². The van der Waals surface area contributed by atoms with Crippen LogP contribution < -0.4 is 0 Å². The number of hydrogen-bond donors (Lipinski definition) is 1. The monoisotopic (exact) mass is 226 g/mol. The largest absolute Gasteiger partial charge is 0.396 e. The summed E-state index contributed by atoms with van der Waals surface area (Å²) < 4.78 is 0. The summed E-state index contributed by atoms with van der Waals surface area (Å²) in [5.41, 5.74) is 1.29. The standard InChI is InChI=1S/C13H22OS/c1-12(2)8-6-9-11(15-5-4-14)13(9,3)7-10(8)12/h8-11,14H,4-7H2,1-3H3/t8-,9+,10+,11?,13+/m1/s1. The minimum Gasteiger partial charge on any atom is -0.396 e. The average molecular weight is 226 g/mol. The van der Waals surface area contributed by atoms with Gasteiger partial charge in [-0.15, -0.1) is 0 Å². The molecule has 0 aromatic carbocycles. The second kappa shape index (κ2) is 2.95. The van der Waals surface area contributed by atoms with Crippen molar-refractivity contribution in [1.82, 2.24) is 0 Å². The molecule has 3 aliphatic carbocycles. The van der Waals surface area contributed by atoms with Crippen LogP contribution in [0.25, 0.3) is 0 Å². The highest BCUT2D eigenvalue weighted by Gasteiger charge is 2.73. The number of aliphatic hydroxyl groups is 1. The van der Waals surface area contributed by atoms with Crippen molar-refractivity contribution in [3.63, 3.8) is 0 Å². The molecule has 0 aliphatic heterocycles. The van der Waals surface area contributed by atoms with Crippen molar-refractivity contribution >= 4 is 11.8 Å². The van der Waals surface area contributed by atoms with Gasteiger partial charge in [-0.2, -0.15) is 11.8 Å². The maximum atomic E-state index is 8.88. The van der Waals surface area contributed by atoms with Crippen LogP contribution in [0.3, 0.4) is 0 Å². The normalized spacial score (nSPS) is 54.4. The van der Waals surface area contributed by atoms with E-state index in [1.165, 1.54) is 12.8 Å². The van der Waals surface area contributed by atoms with E-state index in [4.69, 9.17) is 5.11 Å². The number of aliphatic hydroxyl groups excluding tert-OH is 1. The first-order chi connectivity index (χ1) is 7.02. The molecule has 2 heteroatoms. The first-order valence-corrected chi connectivity index (χ1v) is 7.29. The van der Waals surface area contributed by atoms with Gasteiger partial charge < -0.3 is 5.11 Å².